The quantitative estimate of drug-likeness (QED) is 0.578. The van der Waals surface area contributed by atoms with Gasteiger partial charge in [0.2, 0.25) is 15.9 Å². The van der Waals surface area contributed by atoms with Gasteiger partial charge in [0.1, 0.15) is 11.6 Å². The van der Waals surface area contributed by atoms with E-state index in [0.29, 0.717) is 56.3 Å². The Balaban J connectivity index is 1.47. The molecule has 6 nitrogen and oxygen atoms in total. The van der Waals surface area contributed by atoms with Crippen LogP contribution in [0.5, 0.6) is 5.75 Å². The summed E-state index contributed by atoms with van der Waals surface area (Å²) in [4.78, 5) is 14.3. The van der Waals surface area contributed by atoms with Crippen LogP contribution in [0.2, 0.25) is 5.02 Å². The fourth-order valence-corrected chi connectivity index (χ4v) is 5.00. The summed E-state index contributed by atoms with van der Waals surface area (Å²) in [5, 5.41) is 0.680. The summed E-state index contributed by atoms with van der Waals surface area (Å²) in [7, 11) is -3.71. The summed E-state index contributed by atoms with van der Waals surface area (Å²) < 4.78 is 45.7. The number of amides is 1. The zero-order chi connectivity index (χ0) is 22.4. The molecule has 1 saturated heterocycles. The largest absolute Gasteiger partial charge is 0.494 e. The maximum Gasteiger partial charge on any atom is 0.243 e. The minimum atomic E-state index is -3.71. The SMILES string of the molecule is Cc1cc(OCCCC(=O)N2CCCN(S(=O)(=O)c3ccc(F)cc3)CC2)ccc1Cl. The van der Waals surface area contributed by atoms with Gasteiger partial charge in [-0.25, -0.2) is 12.8 Å². The highest BCUT2D eigenvalue weighted by Gasteiger charge is 2.28. The van der Waals surface area contributed by atoms with Gasteiger partial charge < -0.3 is 9.64 Å². The second kappa shape index (κ2) is 10.4. The summed E-state index contributed by atoms with van der Waals surface area (Å²) in [6.07, 6.45) is 1.44. The van der Waals surface area contributed by atoms with Crippen LogP contribution in [0.25, 0.3) is 0 Å². The molecule has 0 saturated carbocycles. The van der Waals surface area contributed by atoms with E-state index in [9.17, 15) is 17.6 Å². The molecule has 0 unspecified atom stereocenters. The molecule has 9 heteroatoms. The van der Waals surface area contributed by atoms with Crippen molar-refractivity contribution in [3.8, 4) is 5.75 Å². The predicted molar refractivity (Wildman–Crippen MR) is 117 cm³/mol. The van der Waals surface area contributed by atoms with Crippen LogP contribution in [-0.2, 0) is 14.8 Å². The minimum Gasteiger partial charge on any atom is -0.494 e. The van der Waals surface area contributed by atoms with Crippen LogP contribution in [0, 0.1) is 12.7 Å². The van der Waals surface area contributed by atoms with Gasteiger partial charge in [-0.3, -0.25) is 4.79 Å². The van der Waals surface area contributed by atoms with Crippen molar-refractivity contribution in [3.05, 3.63) is 58.9 Å². The summed E-state index contributed by atoms with van der Waals surface area (Å²) in [6.45, 7) is 3.68. The van der Waals surface area contributed by atoms with Gasteiger partial charge in [-0.15, -0.1) is 0 Å². The van der Waals surface area contributed by atoms with E-state index in [-0.39, 0.29) is 17.3 Å². The maximum atomic E-state index is 13.1. The van der Waals surface area contributed by atoms with E-state index < -0.39 is 15.8 Å². The van der Waals surface area contributed by atoms with Crippen molar-refractivity contribution < 1.29 is 22.3 Å². The molecule has 1 aliphatic rings. The summed E-state index contributed by atoms with van der Waals surface area (Å²) in [5.41, 5.74) is 0.931. The first kappa shape index (κ1) is 23.5. The first-order chi connectivity index (χ1) is 14.8. The van der Waals surface area contributed by atoms with Gasteiger partial charge in [0.05, 0.1) is 11.5 Å². The number of carbonyl (C=O) groups is 1. The van der Waals surface area contributed by atoms with Crippen molar-refractivity contribution in [2.24, 2.45) is 0 Å². The molecule has 168 valence electrons. The molecule has 0 radical (unpaired) electrons. The lowest BCUT2D eigenvalue weighted by Crippen LogP contribution is -2.37. The van der Waals surface area contributed by atoms with Crippen molar-refractivity contribution in [1.29, 1.82) is 0 Å². The van der Waals surface area contributed by atoms with E-state index in [2.05, 4.69) is 0 Å². The molecule has 0 N–H and O–H groups in total. The zero-order valence-corrected chi connectivity index (χ0v) is 19.0. The number of halogens is 2. The third-order valence-electron chi connectivity index (χ3n) is 5.19. The van der Waals surface area contributed by atoms with Gasteiger partial charge in [0.15, 0.2) is 0 Å². The lowest BCUT2D eigenvalue weighted by molar-refractivity contribution is -0.131. The Labute approximate surface area is 187 Å². The second-order valence-corrected chi connectivity index (χ2v) is 9.80. The number of ether oxygens (including phenoxy) is 1. The highest BCUT2D eigenvalue weighted by Crippen LogP contribution is 2.21. The first-order valence-electron chi connectivity index (χ1n) is 10.2. The van der Waals surface area contributed by atoms with Crippen LogP contribution >= 0.6 is 11.6 Å². The molecule has 31 heavy (non-hydrogen) atoms. The van der Waals surface area contributed by atoms with Crippen LogP contribution in [0.4, 0.5) is 4.39 Å². The normalized spacial score (nSPS) is 15.5. The van der Waals surface area contributed by atoms with Gasteiger partial charge >= 0.3 is 0 Å². The van der Waals surface area contributed by atoms with E-state index >= 15 is 0 Å². The standard InChI is InChI=1S/C22H26ClFN2O4S/c1-17-16-19(7-10-21(17)23)30-15-2-4-22(27)25-11-3-12-26(14-13-25)31(28,29)20-8-5-18(24)6-9-20/h5-10,16H,2-4,11-15H2,1H3. The fraction of sp³-hybridized carbons (Fsp3) is 0.409. The third kappa shape index (κ3) is 6.18. The number of hydrogen-bond donors (Lipinski definition) is 0. The molecule has 1 aliphatic heterocycles. The molecule has 0 atom stereocenters. The van der Waals surface area contributed by atoms with E-state index in [0.717, 1.165) is 17.7 Å². The number of sulfonamides is 1. The Morgan fingerprint density at radius 2 is 1.84 bits per heavy atom. The van der Waals surface area contributed by atoms with E-state index in [1.54, 1.807) is 17.0 Å². The molecule has 2 aromatic carbocycles. The van der Waals surface area contributed by atoms with E-state index in [4.69, 9.17) is 16.3 Å². The number of nitrogens with zero attached hydrogens (tertiary/aromatic N) is 2. The Bertz CT molecular complexity index is 1010. The monoisotopic (exact) mass is 468 g/mol. The molecule has 0 aromatic heterocycles. The van der Waals surface area contributed by atoms with Crippen LogP contribution < -0.4 is 4.74 Å². The van der Waals surface area contributed by atoms with Crippen LogP contribution in [0.3, 0.4) is 0 Å². The number of benzene rings is 2. The van der Waals surface area contributed by atoms with Gasteiger partial charge in [-0.05, 0) is 67.8 Å². The van der Waals surface area contributed by atoms with Gasteiger partial charge in [-0.2, -0.15) is 4.31 Å². The van der Waals surface area contributed by atoms with Crippen molar-refractivity contribution in [2.45, 2.75) is 31.1 Å². The maximum absolute atomic E-state index is 13.1. The second-order valence-electron chi connectivity index (χ2n) is 7.46. The molecule has 1 fully saturated rings. The van der Waals surface area contributed by atoms with Crippen LogP contribution in [-0.4, -0.2) is 56.3 Å². The third-order valence-corrected chi connectivity index (χ3v) is 7.53. The molecule has 0 bridgehead atoms. The topological polar surface area (TPSA) is 66.9 Å². The Kier molecular flexibility index (Phi) is 7.91. The molecule has 1 heterocycles. The van der Waals surface area contributed by atoms with Crippen LogP contribution in [0.1, 0.15) is 24.8 Å². The number of rotatable bonds is 7. The number of hydrogen-bond acceptors (Lipinski definition) is 4. The molecule has 2 aromatic rings. The molecule has 0 spiro atoms. The molecule has 0 aliphatic carbocycles. The summed E-state index contributed by atoms with van der Waals surface area (Å²) >= 11 is 6.00. The van der Waals surface area contributed by atoms with Crippen molar-refractivity contribution in [3.63, 3.8) is 0 Å². The zero-order valence-electron chi connectivity index (χ0n) is 17.4. The molecule has 1 amide bonds. The average molecular weight is 469 g/mol. The minimum absolute atomic E-state index is 0.0167. The highest BCUT2D eigenvalue weighted by molar-refractivity contribution is 7.89. The predicted octanol–water partition coefficient (Wildman–Crippen LogP) is 3.87. The van der Waals surface area contributed by atoms with Crippen molar-refractivity contribution >= 4 is 27.5 Å². The van der Waals surface area contributed by atoms with Crippen molar-refractivity contribution in [1.82, 2.24) is 9.21 Å². The fourth-order valence-electron chi connectivity index (χ4n) is 3.42. The van der Waals surface area contributed by atoms with Gasteiger partial charge in [0.25, 0.3) is 0 Å². The number of aryl methyl sites for hydroxylation is 1. The van der Waals surface area contributed by atoms with E-state index in [1.165, 1.54) is 16.4 Å². The van der Waals surface area contributed by atoms with Crippen molar-refractivity contribution in [2.75, 3.05) is 32.8 Å². The Morgan fingerprint density at radius 3 is 2.55 bits per heavy atom. The molecular formula is C22H26ClFN2O4S. The Hall–Kier alpha value is -2.16. The summed E-state index contributed by atoms with van der Waals surface area (Å²) in [5.74, 6) is 0.212. The molecule has 3 rings (SSSR count). The lowest BCUT2D eigenvalue weighted by Gasteiger charge is -2.22. The van der Waals surface area contributed by atoms with Gasteiger partial charge in [-0.1, -0.05) is 11.6 Å². The van der Waals surface area contributed by atoms with E-state index in [1.807, 2.05) is 13.0 Å². The average Bonchev–Trinajstić information content (AvgIpc) is 3.01. The summed E-state index contributed by atoms with van der Waals surface area (Å²) in [6, 6.07) is 10.2. The highest BCUT2D eigenvalue weighted by atomic mass is 35.5. The lowest BCUT2D eigenvalue weighted by atomic mass is 10.2. The number of carbonyl (C=O) groups excluding carboxylic acids is 1. The smallest absolute Gasteiger partial charge is 0.243 e. The van der Waals surface area contributed by atoms with Gasteiger partial charge in [0, 0.05) is 37.6 Å². The van der Waals surface area contributed by atoms with Crippen LogP contribution in [0.15, 0.2) is 47.4 Å². The Morgan fingerprint density at radius 1 is 1.10 bits per heavy atom. The molecular weight excluding hydrogens is 443 g/mol. The first-order valence-corrected chi connectivity index (χ1v) is 12.0.